The van der Waals surface area contributed by atoms with Gasteiger partial charge in [-0.3, -0.25) is 4.79 Å². The van der Waals surface area contributed by atoms with Crippen molar-refractivity contribution in [3.05, 3.63) is 47.8 Å². The number of hydrogen-bond acceptors (Lipinski definition) is 5. The van der Waals surface area contributed by atoms with Gasteiger partial charge in [-0.2, -0.15) is 0 Å². The lowest BCUT2D eigenvalue weighted by molar-refractivity contribution is -0.121. The van der Waals surface area contributed by atoms with Crippen LogP contribution in [0.3, 0.4) is 0 Å². The van der Waals surface area contributed by atoms with Crippen LogP contribution in [-0.2, 0) is 11.3 Å². The standard InChI is InChI=1S/C22H29F2N5O/c1-2-9-25-20-12-21(28-15-27-20)29-10-3-4-16(14-29)5-8-22(30)26-13-17-6-7-18(23)11-19(17)24/h6-7,11-12,15-16H,2-5,8-10,13-14H2,1H3,(H,26,30)(H,25,27,28). The summed E-state index contributed by atoms with van der Waals surface area (Å²) in [6.45, 7) is 4.84. The van der Waals surface area contributed by atoms with Gasteiger partial charge in [0.2, 0.25) is 5.91 Å². The summed E-state index contributed by atoms with van der Waals surface area (Å²) in [7, 11) is 0. The van der Waals surface area contributed by atoms with E-state index in [0.29, 0.717) is 12.3 Å². The number of anilines is 2. The largest absolute Gasteiger partial charge is 0.370 e. The van der Waals surface area contributed by atoms with Crippen molar-refractivity contribution in [2.24, 2.45) is 5.92 Å². The molecule has 0 bridgehead atoms. The highest BCUT2D eigenvalue weighted by Gasteiger charge is 2.22. The first-order valence-corrected chi connectivity index (χ1v) is 10.6. The van der Waals surface area contributed by atoms with Gasteiger partial charge in [0.15, 0.2) is 0 Å². The number of amides is 1. The summed E-state index contributed by atoms with van der Waals surface area (Å²) in [4.78, 5) is 23.1. The van der Waals surface area contributed by atoms with Gasteiger partial charge in [0.1, 0.15) is 29.6 Å². The highest BCUT2D eigenvalue weighted by atomic mass is 19.1. The second kappa shape index (κ2) is 10.8. The fourth-order valence-electron chi connectivity index (χ4n) is 3.66. The van der Waals surface area contributed by atoms with Gasteiger partial charge in [-0.15, -0.1) is 0 Å². The lowest BCUT2D eigenvalue weighted by Crippen LogP contribution is -2.36. The molecule has 0 spiro atoms. The van der Waals surface area contributed by atoms with E-state index in [1.807, 2.05) is 6.07 Å². The second-order valence-electron chi connectivity index (χ2n) is 7.69. The van der Waals surface area contributed by atoms with Gasteiger partial charge in [-0.1, -0.05) is 13.0 Å². The highest BCUT2D eigenvalue weighted by molar-refractivity contribution is 5.75. The average Bonchev–Trinajstić information content (AvgIpc) is 2.76. The van der Waals surface area contributed by atoms with E-state index in [0.717, 1.165) is 63.0 Å². The Morgan fingerprint density at radius 2 is 2.13 bits per heavy atom. The molecule has 6 nitrogen and oxygen atoms in total. The molecule has 2 N–H and O–H groups in total. The predicted octanol–water partition coefficient (Wildman–Crippen LogP) is 3.89. The quantitative estimate of drug-likeness (QED) is 0.648. The third-order valence-electron chi connectivity index (χ3n) is 5.32. The number of halogens is 2. The summed E-state index contributed by atoms with van der Waals surface area (Å²) in [6, 6.07) is 5.35. The number of carbonyl (C=O) groups excluding carboxylic acids is 1. The van der Waals surface area contributed by atoms with Crippen molar-refractivity contribution in [3.63, 3.8) is 0 Å². The van der Waals surface area contributed by atoms with Crippen LogP contribution in [0.1, 0.15) is 44.6 Å². The Bertz CT molecular complexity index is 848. The fraction of sp³-hybridized carbons (Fsp3) is 0.500. The van der Waals surface area contributed by atoms with Crippen molar-refractivity contribution in [2.75, 3.05) is 29.9 Å². The molecule has 1 aromatic heterocycles. The molecule has 162 valence electrons. The molecule has 1 amide bonds. The van der Waals surface area contributed by atoms with E-state index in [4.69, 9.17) is 0 Å². The normalized spacial score (nSPS) is 16.4. The zero-order chi connectivity index (χ0) is 21.3. The average molecular weight is 418 g/mol. The number of carbonyl (C=O) groups is 1. The number of piperidine rings is 1. The molecular formula is C22H29F2N5O. The van der Waals surface area contributed by atoms with E-state index >= 15 is 0 Å². The molecule has 2 heterocycles. The first-order valence-electron chi connectivity index (χ1n) is 10.6. The maximum Gasteiger partial charge on any atom is 0.220 e. The molecular weight excluding hydrogens is 388 g/mol. The fourth-order valence-corrected chi connectivity index (χ4v) is 3.66. The molecule has 0 saturated carbocycles. The molecule has 8 heteroatoms. The zero-order valence-electron chi connectivity index (χ0n) is 17.3. The molecule has 1 saturated heterocycles. The SMILES string of the molecule is CCCNc1cc(N2CCCC(CCC(=O)NCc3ccc(F)cc3F)C2)ncn1. The number of aromatic nitrogens is 2. The van der Waals surface area contributed by atoms with Crippen molar-refractivity contribution in [1.29, 1.82) is 0 Å². The van der Waals surface area contributed by atoms with Gasteiger partial charge in [0, 0.05) is 50.3 Å². The molecule has 0 aliphatic carbocycles. The van der Waals surface area contributed by atoms with E-state index < -0.39 is 11.6 Å². The third-order valence-corrected chi connectivity index (χ3v) is 5.32. The summed E-state index contributed by atoms with van der Waals surface area (Å²) < 4.78 is 26.6. The minimum atomic E-state index is -0.643. The van der Waals surface area contributed by atoms with Crippen LogP contribution in [0.15, 0.2) is 30.6 Å². The summed E-state index contributed by atoms with van der Waals surface area (Å²) in [5, 5.41) is 6.01. The van der Waals surface area contributed by atoms with E-state index in [1.54, 1.807) is 6.33 Å². The smallest absolute Gasteiger partial charge is 0.220 e. The van der Waals surface area contributed by atoms with Crippen LogP contribution >= 0.6 is 0 Å². The molecule has 1 aliphatic heterocycles. The van der Waals surface area contributed by atoms with Gasteiger partial charge < -0.3 is 15.5 Å². The van der Waals surface area contributed by atoms with Crippen LogP contribution < -0.4 is 15.5 Å². The second-order valence-corrected chi connectivity index (χ2v) is 7.69. The van der Waals surface area contributed by atoms with E-state index in [9.17, 15) is 13.6 Å². The molecule has 0 radical (unpaired) electrons. The van der Waals surface area contributed by atoms with Gasteiger partial charge in [0.05, 0.1) is 0 Å². The third kappa shape index (κ3) is 6.37. The molecule has 30 heavy (non-hydrogen) atoms. The summed E-state index contributed by atoms with van der Waals surface area (Å²) >= 11 is 0. The van der Waals surface area contributed by atoms with Crippen LogP contribution in [0.25, 0.3) is 0 Å². The lowest BCUT2D eigenvalue weighted by atomic mass is 9.93. The molecule has 1 aromatic carbocycles. The van der Waals surface area contributed by atoms with E-state index in [-0.39, 0.29) is 18.0 Å². The van der Waals surface area contributed by atoms with Crippen molar-refractivity contribution >= 4 is 17.5 Å². The van der Waals surface area contributed by atoms with Crippen LogP contribution in [0, 0.1) is 17.6 Å². The molecule has 3 rings (SSSR count). The summed E-state index contributed by atoms with van der Waals surface area (Å²) in [6.07, 6.45) is 5.88. The monoisotopic (exact) mass is 417 g/mol. The number of nitrogens with zero attached hydrogens (tertiary/aromatic N) is 3. The summed E-state index contributed by atoms with van der Waals surface area (Å²) in [5.74, 6) is 0.746. The van der Waals surface area contributed by atoms with Crippen LogP contribution in [0.5, 0.6) is 0 Å². The zero-order valence-corrected chi connectivity index (χ0v) is 17.3. The Labute approximate surface area is 176 Å². The van der Waals surface area contributed by atoms with Crippen molar-refractivity contribution in [2.45, 2.75) is 45.6 Å². The van der Waals surface area contributed by atoms with E-state index in [2.05, 4.69) is 32.4 Å². The lowest BCUT2D eigenvalue weighted by Gasteiger charge is -2.33. The molecule has 1 unspecified atom stereocenters. The predicted molar refractivity (Wildman–Crippen MR) is 113 cm³/mol. The van der Waals surface area contributed by atoms with E-state index in [1.165, 1.54) is 12.1 Å². The van der Waals surface area contributed by atoms with Crippen LogP contribution in [0.4, 0.5) is 20.4 Å². The Balaban J connectivity index is 1.46. The first kappa shape index (κ1) is 21.9. The van der Waals surface area contributed by atoms with Crippen molar-refractivity contribution < 1.29 is 13.6 Å². The van der Waals surface area contributed by atoms with Crippen LogP contribution in [0.2, 0.25) is 0 Å². The number of nitrogens with one attached hydrogen (secondary N) is 2. The van der Waals surface area contributed by atoms with Crippen molar-refractivity contribution in [3.8, 4) is 0 Å². The number of benzene rings is 1. The Morgan fingerprint density at radius 3 is 2.93 bits per heavy atom. The molecule has 1 atom stereocenters. The van der Waals surface area contributed by atoms with Gasteiger partial charge in [-0.25, -0.2) is 18.7 Å². The van der Waals surface area contributed by atoms with Gasteiger partial charge in [-0.05, 0) is 37.7 Å². The summed E-state index contributed by atoms with van der Waals surface area (Å²) in [5.41, 5.74) is 0.282. The van der Waals surface area contributed by atoms with Crippen LogP contribution in [-0.4, -0.2) is 35.5 Å². The Kier molecular flexibility index (Phi) is 7.93. The topological polar surface area (TPSA) is 70.2 Å². The number of hydrogen-bond donors (Lipinski definition) is 2. The minimum Gasteiger partial charge on any atom is -0.370 e. The Hall–Kier alpha value is -2.77. The molecule has 1 fully saturated rings. The minimum absolute atomic E-state index is 0.0657. The molecule has 1 aliphatic rings. The molecule has 2 aromatic rings. The van der Waals surface area contributed by atoms with Crippen molar-refractivity contribution in [1.82, 2.24) is 15.3 Å². The van der Waals surface area contributed by atoms with Gasteiger partial charge >= 0.3 is 0 Å². The highest BCUT2D eigenvalue weighted by Crippen LogP contribution is 2.25. The maximum absolute atomic E-state index is 13.7. The Morgan fingerprint density at radius 1 is 1.27 bits per heavy atom. The number of rotatable bonds is 9. The van der Waals surface area contributed by atoms with Gasteiger partial charge in [0.25, 0.3) is 0 Å². The maximum atomic E-state index is 13.7. The first-order chi connectivity index (χ1) is 14.5.